The van der Waals surface area contributed by atoms with E-state index >= 15 is 0 Å². The van der Waals surface area contributed by atoms with Crippen LogP contribution in [-0.2, 0) is 11.2 Å². The Morgan fingerprint density at radius 3 is 2.64 bits per heavy atom. The summed E-state index contributed by atoms with van der Waals surface area (Å²) < 4.78 is 0. The van der Waals surface area contributed by atoms with E-state index in [1.165, 1.54) is 5.56 Å². The quantitative estimate of drug-likeness (QED) is 0.584. The van der Waals surface area contributed by atoms with Crippen molar-refractivity contribution < 1.29 is 4.79 Å². The monoisotopic (exact) mass is 397 g/mol. The highest BCUT2D eigenvalue weighted by atomic mass is 35.5. The Hall–Kier alpha value is -2.30. The number of hydrogen-bond donors (Lipinski definition) is 2. The first-order valence-corrected chi connectivity index (χ1v) is 10.1. The van der Waals surface area contributed by atoms with Crippen LogP contribution in [0, 0.1) is 0 Å². The number of aromatic amines is 1. The van der Waals surface area contributed by atoms with Crippen LogP contribution in [0.3, 0.4) is 0 Å². The molecule has 3 aromatic rings. The number of hydrogen-bond acceptors (Lipinski definition) is 2. The van der Waals surface area contributed by atoms with Gasteiger partial charge in [-0.05, 0) is 43.3 Å². The molecule has 0 saturated carbocycles. The van der Waals surface area contributed by atoms with E-state index in [1.54, 1.807) is 0 Å². The van der Waals surface area contributed by atoms with Crippen LogP contribution in [0.5, 0.6) is 0 Å². The van der Waals surface area contributed by atoms with Crippen LogP contribution in [0.2, 0.25) is 5.02 Å². The number of amides is 1. The van der Waals surface area contributed by atoms with E-state index in [2.05, 4.69) is 40.3 Å². The minimum atomic E-state index is -0.103. The second-order valence-corrected chi connectivity index (χ2v) is 7.78. The lowest BCUT2D eigenvalue weighted by Crippen LogP contribution is -2.32. The summed E-state index contributed by atoms with van der Waals surface area (Å²) in [7, 11) is 3.99. The number of rotatable bonds is 8. The number of likely N-dealkylation sites (N-methyl/N-ethyl adjacent to an activating group) is 1. The molecule has 1 aromatic heterocycles. The van der Waals surface area contributed by atoms with Crippen molar-refractivity contribution >= 4 is 28.4 Å². The molecular formula is C23H28ClN3O. The number of para-hydroxylation sites is 1. The van der Waals surface area contributed by atoms with E-state index in [1.807, 2.05) is 44.6 Å². The van der Waals surface area contributed by atoms with Crippen molar-refractivity contribution in [1.29, 1.82) is 0 Å². The highest BCUT2D eigenvalue weighted by Gasteiger charge is 2.23. The van der Waals surface area contributed by atoms with Gasteiger partial charge in [0, 0.05) is 47.6 Å². The standard InChI is InChI=1S/C23H28ClN3O/c1-4-16-8-7-10-18-20(15-26-23(16)18)19(17-9-5-6-11-21(17)24)14-22(28)25-12-13-27(2)3/h5-11,15,19,26H,4,12-14H2,1-3H3,(H,25,28). The lowest BCUT2D eigenvalue weighted by Gasteiger charge is -2.19. The van der Waals surface area contributed by atoms with Crippen LogP contribution in [0.15, 0.2) is 48.7 Å². The van der Waals surface area contributed by atoms with Crippen LogP contribution < -0.4 is 5.32 Å². The number of carbonyl (C=O) groups is 1. The maximum atomic E-state index is 12.7. The smallest absolute Gasteiger partial charge is 0.220 e. The van der Waals surface area contributed by atoms with Crippen molar-refractivity contribution in [1.82, 2.24) is 15.2 Å². The van der Waals surface area contributed by atoms with Gasteiger partial charge in [0.1, 0.15) is 0 Å². The van der Waals surface area contributed by atoms with Crippen molar-refractivity contribution in [2.75, 3.05) is 27.2 Å². The lowest BCUT2D eigenvalue weighted by atomic mass is 9.87. The molecule has 148 valence electrons. The number of nitrogens with zero attached hydrogens (tertiary/aromatic N) is 1. The van der Waals surface area contributed by atoms with E-state index in [0.717, 1.165) is 35.0 Å². The van der Waals surface area contributed by atoms with Crippen molar-refractivity contribution in [2.24, 2.45) is 0 Å². The molecule has 2 N–H and O–H groups in total. The van der Waals surface area contributed by atoms with Crippen LogP contribution in [0.1, 0.15) is 36.0 Å². The largest absolute Gasteiger partial charge is 0.361 e. The van der Waals surface area contributed by atoms with Crippen LogP contribution in [-0.4, -0.2) is 43.0 Å². The lowest BCUT2D eigenvalue weighted by molar-refractivity contribution is -0.121. The van der Waals surface area contributed by atoms with Crippen LogP contribution >= 0.6 is 11.6 Å². The maximum Gasteiger partial charge on any atom is 0.220 e. The normalized spacial score (nSPS) is 12.5. The molecule has 4 nitrogen and oxygen atoms in total. The van der Waals surface area contributed by atoms with E-state index < -0.39 is 0 Å². The Balaban J connectivity index is 1.96. The minimum Gasteiger partial charge on any atom is -0.361 e. The van der Waals surface area contributed by atoms with Crippen LogP contribution in [0.25, 0.3) is 10.9 Å². The zero-order valence-electron chi connectivity index (χ0n) is 16.8. The van der Waals surface area contributed by atoms with Gasteiger partial charge in [-0.15, -0.1) is 0 Å². The van der Waals surface area contributed by atoms with E-state index in [9.17, 15) is 4.79 Å². The maximum absolute atomic E-state index is 12.7. The van der Waals surface area contributed by atoms with Crippen molar-refractivity contribution in [3.63, 3.8) is 0 Å². The molecule has 0 fully saturated rings. The third-order valence-electron chi connectivity index (χ3n) is 5.14. The van der Waals surface area contributed by atoms with Gasteiger partial charge in [0.25, 0.3) is 0 Å². The van der Waals surface area contributed by atoms with E-state index in [-0.39, 0.29) is 11.8 Å². The average Bonchev–Trinajstić information content (AvgIpc) is 3.10. The second-order valence-electron chi connectivity index (χ2n) is 7.37. The molecule has 0 aliphatic heterocycles. The van der Waals surface area contributed by atoms with Gasteiger partial charge in [-0.1, -0.05) is 54.9 Å². The number of aromatic nitrogens is 1. The summed E-state index contributed by atoms with van der Waals surface area (Å²) in [5.74, 6) is -0.0679. The van der Waals surface area contributed by atoms with E-state index in [4.69, 9.17) is 11.6 Å². The molecule has 1 atom stereocenters. The average molecular weight is 398 g/mol. The number of fused-ring (bicyclic) bond motifs is 1. The Morgan fingerprint density at radius 2 is 1.93 bits per heavy atom. The molecule has 1 unspecified atom stereocenters. The zero-order chi connectivity index (χ0) is 20.1. The minimum absolute atomic E-state index is 0.0350. The first-order valence-electron chi connectivity index (χ1n) is 9.76. The Labute approximate surface area is 171 Å². The fourth-order valence-electron chi connectivity index (χ4n) is 3.64. The molecule has 0 saturated heterocycles. The number of nitrogens with one attached hydrogen (secondary N) is 2. The van der Waals surface area contributed by atoms with Gasteiger partial charge in [0.2, 0.25) is 5.91 Å². The third-order valence-corrected chi connectivity index (χ3v) is 5.49. The summed E-state index contributed by atoms with van der Waals surface area (Å²) in [4.78, 5) is 18.2. The number of aryl methyl sites for hydroxylation is 1. The van der Waals surface area contributed by atoms with Crippen molar-refractivity contribution in [3.05, 3.63) is 70.4 Å². The molecule has 0 aliphatic carbocycles. The van der Waals surface area contributed by atoms with Gasteiger partial charge in [-0.3, -0.25) is 4.79 Å². The number of carbonyl (C=O) groups excluding carboxylic acids is 1. The topological polar surface area (TPSA) is 48.1 Å². The molecule has 0 bridgehead atoms. The Bertz CT molecular complexity index is 948. The Kier molecular flexibility index (Phi) is 6.76. The van der Waals surface area contributed by atoms with Gasteiger partial charge >= 0.3 is 0 Å². The number of H-pyrrole nitrogens is 1. The molecule has 1 amide bonds. The highest BCUT2D eigenvalue weighted by molar-refractivity contribution is 6.31. The summed E-state index contributed by atoms with van der Waals surface area (Å²) in [6.07, 6.45) is 3.35. The zero-order valence-corrected chi connectivity index (χ0v) is 17.5. The first-order chi connectivity index (χ1) is 13.5. The summed E-state index contributed by atoms with van der Waals surface area (Å²) in [6.45, 7) is 3.60. The van der Waals surface area contributed by atoms with Gasteiger partial charge in [0.15, 0.2) is 0 Å². The molecule has 0 aliphatic rings. The predicted octanol–water partition coefficient (Wildman–Crippen LogP) is 4.58. The molecule has 28 heavy (non-hydrogen) atoms. The van der Waals surface area contributed by atoms with Crippen molar-refractivity contribution in [3.8, 4) is 0 Å². The molecule has 3 rings (SSSR count). The molecule has 2 aromatic carbocycles. The summed E-state index contributed by atoms with van der Waals surface area (Å²) in [5.41, 5.74) is 4.51. The highest BCUT2D eigenvalue weighted by Crippen LogP contribution is 2.37. The molecular weight excluding hydrogens is 370 g/mol. The van der Waals surface area contributed by atoms with Gasteiger partial charge in [-0.25, -0.2) is 0 Å². The molecule has 5 heteroatoms. The van der Waals surface area contributed by atoms with Gasteiger partial charge in [0.05, 0.1) is 0 Å². The molecule has 0 radical (unpaired) electrons. The second kappa shape index (κ2) is 9.26. The fraction of sp³-hybridized carbons (Fsp3) is 0.348. The Morgan fingerprint density at radius 1 is 1.14 bits per heavy atom. The first kappa shape index (κ1) is 20.4. The SMILES string of the molecule is CCc1cccc2c(C(CC(=O)NCCN(C)C)c3ccccc3Cl)c[nH]c12. The fourth-order valence-corrected chi connectivity index (χ4v) is 3.91. The predicted molar refractivity (Wildman–Crippen MR) is 117 cm³/mol. The number of halogens is 1. The third kappa shape index (κ3) is 4.57. The summed E-state index contributed by atoms with van der Waals surface area (Å²) >= 11 is 6.53. The van der Waals surface area contributed by atoms with Crippen molar-refractivity contribution in [2.45, 2.75) is 25.7 Å². The van der Waals surface area contributed by atoms with E-state index in [0.29, 0.717) is 18.0 Å². The van der Waals surface area contributed by atoms with Gasteiger partial charge in [-0.2, -0.15) is 0 Å². The van der Waals surface area contributed by atoms with Crippen LogP contribution in [0.4, 0.5) is 0 Å². The summed E-state index contributed by atoms with van der Waals surface area (Å²) in [5, 5.41) is 4.88. The molecule has 0 spiro atoms. The molecule has 1 heterocycles. The van der Waals surface area contributed by atoms with Gasteiger partial charge < -0.3 is 15.2 Å². The summed E-state index contributed by atoms with van der Waals surface area (Å²) in [6, 6.07) is 14.1. The number of benzene rings is 2.